The molecule has 3 aromatic carbocycles. The Bertz CT molecular complexity index is 1180. The molecule has 0 spiro atoms. The summed E-state index contributed by atoms with van der Waals surface area (Å²) in [6.45, 7) is 6.19. The van der Waals surface area contributed by atoms with Gasteiger partial charge in [0.2, 0.25) is 10.0 Å². The van der Waals surface area contributed by atoms with Gasteiger partial charge in [0.15, 0.2) is 5.78 Å². The molecule has 1 heterocycles. The summed E-state index contributed by atoms with van der Waals surface area (Å²) in [6, 6.07) is 24.3. The van der Waals surface area contributed by atoms with Gasteiger partial charge in [0.05, 0.1) is 4.90 Å². The van der Waals surface area contributed by atoms with Crippen LogP contribution in [0.5, 0.6) is 0 Å². The summed E-state index contributed by atoms with van der Waals surface area (Å²) >= 11 is 0. The van der Waals surface area contributed by atoms with E-state index >= 15 is 0 Å². The molecule has 0 bridgehead atoms. The van der Waals surface area contributed by atoms with Crippen molar-refractivity contribution in [3.8, 4) is 11.1 Å². The Hall–Kier alpha value is -3.02. The minimum absolute atomic E-state index is 0.0499. The van der Waals surface area contributed by atoms with Crippen molar-refractivity contribution in [1.82, 2.24) is 4.31 Å². The minimum atomic E-state index is -3.66. The Morgan fingerprint density at radius 1 is 0.903 bits per heavy atom. The lowest BCUT2D eigenvalue weighted by Gasteiger charge is -2.16. The molecule has 3 aromatic rings. The SMILES string of the molecule is C=C[C@H]1CN(S(=O)(=O)c2ccc(C)cc2)C[C@H]1C(=O)c1ccc(-c2ccccc2)cc1. The van der Waals surface area contributed by atoms with Gasteiger partial charge in [-0.25, -0.2) is 8.42 Å². The molecule has 158 valence electrons. The first kappa shape index (κ1) is 21.2. The van der Waals surface area contributed by atoms with Gasteiger partial charge in [0.1, 0.15) is 0 Å². The third kappa shape index (κ3) is 4.24. The molecule has 4 nitrogen and oxygen atoms in total. The molecule has 0 saturated carbocycles. The highest BCUT2D eigenvalue weighted by molar-refractivity contribution is 7.89. The number of benzene rings is 3. The smallest absolute Gasteiger partial charge is 0.243 e. The lowest BCUT2D eigenvalue weighted by molar-refractivity contribution is 0.0912. The number of hydrogen-bond donors (Lipinski definition) is 0. The van der Waals surface area contributed by atoms with Crippen LogP contribution in [0.25, 0.3) is 11.1 Å². The van der Waals surface area contributed by atoms with Crippen molar-refractivity contribution in [3.05, 3.63) is 103 Å². The van der Waals surface area contributed by atoms with Crippen LogP contribution in [0, 0.1) is 18.8 Å². The van der Waals surface area contributed by atoms with Gasteiger partial charge in [0, 0.05) is 30.5 Å². The van der Waals surface area contributed by atoms with Crippen LogP contribution in [0.2, 0.25) is 0 Å². The standard InChI is InChI=1S/C26H25NO3S/c1-3-20-17-27(31(29,30)24-15-9-19(2)10-16-24)18-25(20)26(28)23-13-11-22(12-14-23)21-7-5-4-6-8-21/h3-16,20,25H,1,17-18H2,2H3/t20-,25+/m0/s1. The fourth-order valence-corrected chi connectivity index (χ4v) is 5.54. The fourth-order valence-electron chi connectivity index (χ4n) is 4.04. The molecule has 1 saturated heterocycles. The average Bonchev–Trinajstić information content (AvgIpc) is 3.25. The van der Waals surface area contributed by atoms with Crippen LogP contribution < -0.4 is 0 Å². The van der Waals surface area contributed by atoms with Crippen LogP contribution in [0.1, 0.15) is 15.9 Å². The second-order valence-corrected chi connectivity index (χ2v) is 9.89. The van der Waals surface area contributed by atoms with Crippen LogP contribution in [0.15, 0.2) is 96.4 Å². The van der Waals surface area contributed by atoms with Crippen LogP contribution in [-0.4, -0.2) is 31.6 Å². The molecular formula is C26H25NO3S. The Balaban J connectivity index is 1.55. The molecule has 31 heavy (non-hydrogen) atoms. The van der Waals surface area contributed by atoms with Crippen LogP contribution in [0.3, 0.4) is 0 Å². The van der Waals surface area contributed by atoms with Crippen molar-refractivity contribution in [2.45, 2.75) is 11.8 Å². The van der Waals surface area contributed by atoms with Crippen molar-refractivity contribution in [2.24, 2.45) is 11.8 Å². The van der Waals surface area contributed by atoms with Gasteiger partial charge in [0.25, 0.3) is 0 Å². The number of hydrogen-bond acceptors (Lipinski definition) is 3. The van der Waals surface area contributed by atoms with E-state index in [1.165, 1.54) is 4.31 Å². The van der Waals surface area contributed by atoms with E-state index in [1.807, 2.05) is 61.5 Å². The largest absolute Gasteiger partial charge is 0.294 e. The van der Waals surface area contributed by atoms with Gasteiger partial charge in [-0.15, -0.1) is 6.58 Å². The molecular weight excluding hydrogens is 406 g/mol. The van der Waals surface area contributed by atoms with Crippen molar-refractivity contribution in [3.63, 3.8) is 0 Å². The van der Waals surface area contributed by atoms with E-state index in [-0.39, 0.29) is 29.7 Å². The molecule has 2 atom stereocenters. The minimum Gasteiger partial charge on any atom is -0.294 e. The molecule has 0 radical (unpaired) electrons. The zero-order valence-corrected chi connectivity index (χ0v) is 18.3. The summed E-state index contributed by atoms with van der Waals surface area (Å²) in [5.41, 5.74) is 3.71. The lowest BCUT2D eigenvalue weighted by Crippen LogP contribution is -2.30. The molecule has 0 aliphatic carbocycles. The maximum atomic E-state index is 13.2. The summed E-state index contributed by atoms with van der Waals surface area (Å²) in [6.07, 6.45) is 1.70. The highest BCUT2D eigenvalue weighted by atomic mass is 32.2. The van der Waals surface area contributed by atoms with Crippen molar-refractivity contribution < 1.29 is 13.2 Å². The van der Waals surface area contributed by atoms with E-state index in [2.05, 4.69) is 6.58 Å². The third-order valence-electron chi connectivity index (χ3n) is 5.91. The molecule has 0 aromatic heterocycles. The molecule has 0 N–H and O–H groups in total. The quantitative estimate of drug-likeness (QED) is 0.409. The first-order valence-electron chi connectivity index (χ1n) is 10.3. The molecule has 1 aliphatic rings. The first-order valence-corrected chi connectivity index (χ1v) is 11.7. The van der Waals surface area contributed by atoms with Crippen molar-refractivity contribution in [1.29, 1.82) is 0 Å². The maximum Gasteiger partial charge on any atom is 0.243 e. The molecule has 0 amide bonds. The van der Waals surface area contributed by atoms with Gasteiger partial charge in [-0.05, 0) is 30.2 Å². The van der Waals surface area contributed by atoms with E-state index in [9.17, 15) is 13.2 Å². The highest BCUT2D eigenvalue weighted by Gasteiger charge is 2.41. The number of nitrogens with zero attached hydrogens (tertiary/aromatic N) is 1. The van der Waals surface area contributed by atoms with E-state index in [1.54, 1.807) is 30.3 Å². The normalized spacial score (nSPS) is 19.3. The molecule has 0 unspecified atom stereocenters. The first-order chi connectivity index (χ1) is 14.9. The number of ketones is 1. The van der Waals surface area contributed by atoms with Crippen molar-refractivity contribution >= 4 is 15.8 Å². The van der Waals surface area contributed by atoms with E-state index in [4.69, 9.17) is 0 Å². The number of carbonyl (C=O) groups excluding carboxylic acids is 1. The van der Waals surface area contributed by atoms with E-state index in [0.717, 1.165) is 16.7 Å². The number of aryl methyl sites for hydroxylation is 1. The third-order valence-corrected chi connectivity index (χ3v) is 7.75. The van der Waals surface area contributed by atoms with E-state index < -0.39 is 15.9 Å². The Kier molecular flexibility index (Phi) is 5.90. The number of carbonyl (C=O) groups is 1. The monoisotopic (exact) mass is 431 g/mol. The Morgan fingerprint density at radius 2 is 1.52 bits per heavy atom. The summed E-state index contributed by atoms with van der Waals surface area (Å²) < 4.78 is 27.6. The second-order valence-electron chi connectivity index (χ2n) is 7.95. The summed E-state index contributed by atoms with van der Waals surface area (Å²) in [5, 5.41) is 0. The number of Topliss-reactive ketones (excluding diaryl/α,β-unsaturated/α-hetero) is 1. The summed E-state index contributed by atoms with van der Waals surface area (Å²) in [7, 11) is -3.66. The zero-order valence-electron chi connectivity index (χ0n) is 17.4. The lowest BCUT2D eigenvalue weighted by atomic mass is 9.88. The van der Waals surface area contributed by atoms with E-state index in [0.29, 0.717) is 5.56 Å². The maximum absolute atomic E-state index is 13.2. The predicted octanol–water partition coefficient (Wildman–Crippen LogP) is 4.97. The van der Waals surface area contributed by atoms with Crippen LogP contribution >= 0.6 is 0 Å². The summed E-state index contributed by atoms with van der Waals surface area (Å²) in [4.78, 5) is 13.5. The molecule has 5 heteroatoms. The topological polar surface area (TPSA) is 54.5 Å². The van der Waals surface area contributed by atoms with Gasteiger partial charge >= 0.3 is 0 Å². The molecule has 4 rings (SSSR count). The van der Waals surface area contributed by atoms with Gasteiger partial charge in [-0.3, -0.25) is 4.79 Å². The van der Waals surface area contributed by atoms with Gasteiger partial charge in [-0.1, -0.05) is 78.4 Å². The number of rotatable bonds is 6. The van der Waals surface area contributed by atoms with Gasteiger partial charge < -0.3 is 0 Å². The highest BCUT2D eigenvalue weighted by Crippen LogP contribution is 2.32. The van der Waals surface area contributed by atoms with Crippen LogP contribution in [0.4, 0.5) is 0 Å². The zero-order chi connectivity index (χ0) is 22.0. The Labute approximate surface area is 183 Å². The van der Waals surface area contributed by atoms with Crippen LogP contribution in [-0.2, 0) is 10.0 Å². The fraction of sp³-hybridized carbons (Fsp3) is 0.192. The van der Waals surface area contributed by atoms with Crippen molar-refractivity contribution in [2.75, 3.05) is 13.1 Å². The van der Waals surface area contributed by atoms with Gasteiger partial charge in [-0.2, -0.15) is 4.31 Å². The molecule has 1 aliphatic heterocycles. The molecule has 1 fully saturated rings. The average molecular weight is 432 g/mol. The second kappa shape index (κ2) is 8.61. The number of sulfonamides is 1. The predicted molar refractivity (Wildman–Crippen MR) is 123 cm³/mol. The summed E-state index contributed by atoms with van der Waals surface area (Å²) in [5.74, 6) is -0.715. The Morgan fingerprint density at radius 3 is 2.13 bits per heavy atom.